The van der Waals surface area contributed by atoms with Crippen molar-refractivity contribution in [2.75, 3.05) is 21.1 Å². The van der Waals surface area contributed by atoms with E-state index in [0.29, 0.717) is 12.8 Å². The Balaban J connectivity index is 5.35. The molecule has 0 saturated carbocycles. The minimum absolute atomic E-state index is 0.0714. The van der Waals surface area contributed by atoms with E-state index in [2.05, 4.69) is 13.8 Å². The van der Waals surface area contributed by atoms with Gasteiger partial charge in [0.2, 0.25) is 17.1 Å². The number of nitrogens with zero attached hydrogens (tertiary/aromatic N) is 1. The highest BCUT2D eigenvalue weighted by Crippen LogP contribution is 2.42. The van der Waals surface area contributed by atoms with Crippen LogP contribution in [0.2, 0.25) is 0 Å². The van der Waals surface area contributed by atoms with E-state index >= 15 is 0 Å². The fourth-order valence-corrected chi connectivity index (χ4v) is 6.50. The zero-order chi connectivity index (χ0) is 29.8. The summed E-state index contributed by atoms with van der Waals surface area (Å²) in [5.41, 5.74) is -1.68. The van der Waals surface area contributed by atoms with Gasteiger partial charge in [0.25, 0.3) is 7.82 Å². The topological polar surface area (TPSA) is 104 Å². The zero-order valence-electron chi connectivity index (χ0n) is 26.3. The Kier molecular flexibility index (Phi) is 20.8. The Morgan fingerprint density at radius 2 is 1.00 bits per heavy atom. The standard InChI is InChI=1S/C31H62NO6P/c1-7-10-12-14-16-18-20-22-24-26-28(33)31(32(4,5)6,30(9-3)38-39(35,36)37)29(34)27-25-23-21-19-17-15-13-11-8-2/h30H,7-27H2,1-6H3,(H-,35,36,37). The van der Waals surface area contributed by atoms with E-state index in [-0.39, 0.29) is 35.3 Å². The van der Waals surface area contributed by atoms with Crippen molar-refractivity contribution in [2.24, 2.45) is 0 Å². The number of carbonyl (C=O) groups excluding carboxylic acids is 2. The number of hydrogen-bond acceptors (Lipinski definition) is 5. The first-order valence-corrected chi connectivity index (χ1v) is 17.5. The number of ketones is 2. The SMILES string of the molecule is CCCCCCCCCCCC(=O)C(C(=O)CCCCCCCCCCC)(C(CC)OP(=O)([O-])O)[N+](C)(C)C. The van der Waals surface area contributed by atoms with Gasteiger partial charge in [-0.15, -0.1) is 0 Å². The third-order valence-corrected chi connectivity index (χ3v) is 8.54. The number of quaternary nitrogens is 1. The van der Waals surface area contributed by atoms with E-state index in [1.54, 1.807) is 28.1 Å². The Labute approximate surface area is 240 Å². The average molecular weight is 576 g/mol. The molecule has 0 aromatic carbocycles. The Morgan fingerprint density at radius 1 is 0.692 bits per heavy atom. The predicted molar refractivity (Wildman–Crippen MR) is 159 cm³/mol. The van der Waals surface area contributed by atoms with Crippen LogP contribution in [0.3, 0.4) is 0 Å². The Morgan fingerprint density at radius 3 is 1.26 bits per heavy atom. The van der Waals surface area contributed by atoms with Gasteiger partial charge >= 0.3 is 0 Å². The van der Waals surface area contributed by atoms with Crippen LogP contribution in [-0.4, -0.2) is 53.7 Å². The summed E-state index contributed by atoms with van der Waals surface area (Å²) in [6.07, 6.45) is 19.2. The summed E-state index contributed by atoms with van der Waals surface area (Å²) in [7, 11) is 0.101. The zero-order valence-corrected chi connectivity index (χ0v) is 27.2. The lowest BCUT2D eigenvalue weighted by atomic mass is 9.75. The molecule has 2 atom stereocenters. The molecule has 1 N–H and O–H groups in total. The van der Waals surface area contributed by atoms with E-state index in [0.717, 1.165) is 38.5 Å². The quantitative estimate of drug-likeness (QED) is 0.0466. The normalized spacial score (nSPS) is 14.8. The maximum absolute atomic E-state index is 13.9. The second kappa shape index (κ2) is 21.2. The van der Waals surface area contributed by atoms with Crippen molar-refractivity contribution < 1.29 is 32.9 Å². The number of carbonyl (C=O) groups is 2. The molecule has 232 valence electrons. The van der Waals surface area contributed by atoms with Gasteiger partial charge in [-0.3, -0.25) is 14.2 Å². The highest BCUT2D eigenvalue weighted by atomic mass is 31.2. The molecule has 0 radical (unpaired) electrons. The molecule has 0 rings (SSSR count). The summed E-state index contributed by atoms with van der Waals surface area (Å²) in [6.45, 7) is 6.11. The first-order valence-electron chi connectivity index (χ1n) is 16.0. The van der Waals surface area contributed by atoms with Gasteiger partial charge < -0.3 is 18.8 Å². The van der Waals surface area contributed by atoms with Gasteiger partial charge in [-0.05, 0) is 19.3 Å². The molecule has 7 nitrogen and oxygen atoms in total. The molecule has 0 heterocycles. The van der Waals surface area contributed by atoms with Crippen LogP contribution in [0.15, 0.2) is 0 Å². The van der Waals surface area contributed by atoms with Crippen LogP contribution in [0.25, 0.3) is 0 Å². The second-order valence-corrected chi connectivity index (χ2v) is 13.4. The summed E-state index contributed by atoms with van der Waals surface area (Å²) in [5.74, 6) is -0.557. The first-order chi connectivity index (χ1) is 18.4. The molecular formula is C31H62NO6P. The van der Waals surface area contributed by atoms with Gasteiger partial charge in [-0.1, -0.05) is 124 Å². The van der Waals surface area contributed by atoms with Crippen molar-refractivity contribution in [3.8, 4) is 0 Å². The van der Waals surface area contributed by atoms with Crippen LogP contribution in [0.5, 0.6) is 0 Å². The minimum atomic E-state index is -5.15. The van der Waals surface area contributed by atoms with Gasteiger partial charge in [0.15, 0.2) is 0 Å². The fraction of sp³-hybridized carbons (Fsp3) is 0.935. The van der Waals surface area contributed by atoms with Crippen molar-refractivity contribution in [3.63, 3.8) is 0 Å². The van der Waals surface area contributed by atoms with Crippen LogP contribution in [0, 0.1) is 0 Å². The molecule has 0 spiro atoms. The molecule has 0 aliphatic rings. The minimum Gasteiger partial charge on any atom is -0.756 e. The molecule has 39 heavy (non-hydrogen) atoms. The first kappa shape index (κ1) is 38.4. The van der Waals surface area contributed by atoms with Crippen LogP contribution in [-0.2, 0) is 18.7 Å². The maximum Gasteiger partial charge on any atom is 0.265 e. The highest BCUT2D eigenvalue weighted by Gasteiger charge is 2.61. The molecule has 8 heteroatoms. The highest BCUT2D eigenvalue weighted by molar-refractivity contribution is 7.44. The van der Waals surface area contributed by atoms with Crippen molar-refractivity contribution in [2.45, 2.75) is 167 Å². The molecule has 0 fully saturated rings. The lowest BCUT2D eigenvalue weighted by Gasteiger charge is -2.48. The third kappa shape index (κ3) is 15.3. The average Bonchev–Trinajstić information content (AvgIpc) is 2.84. The lowest BCUT2D eigenvalue weighted by molar-refractivity contribution is -0.906. The second-order valence-electron chi connectivity index (χ2n) is 12.3. The van der Waals surface area contributed by atoms with Crippen molar-refractivity contribution in [3.05, 3.63) is 0 Å². The predicted octanol–water partition coefficient (Wildman–Crippen LogP) is 7.67. The summed E-state index contributed by atoms with van der Waals surface area (Å²) in [4.78, 5) is 49.2. The van der Waals surface area contributed by atoms with Crippen molar-refractivity contribution >= 4 is 19.4 Å². The van der Waals surface area contributed by atoms with E-state index in [1.807, 2.05) is 0 Å². The van der Waals surface area contributed by atoms with Gasteiger partial charge in [0, 0.05) is 12.8 Å². The van der Waals surface area contributed by atoms with E-state index < -0.39 is 19.5 Å². The summed E-state index contributed by atoms with van der Waals surface area (Å²) in [5, 5.41) is 0. The fourth-order valence-electron chi connectivity index (χ4n) is 5.88. The largest absolute Gasteiger partial charge is 0.756 e. The number of Topliss-reactive ketones (excluding diaryl/α,β-unsaturated/α-hetero) is 2. The molecule has 0 aromatic heterocycles. The number of rotatable bonds is 27. The van der Waals surface area contributed by atoms with Crippen LogP contribution < -0.4 is 4.89 Å². The van der Waals surface area contributed by atoms with Crippen LogP contribution in [0.4, 0.5) is 0 Å². The van der Waals surface area contributed by atoms with Gasteiger partial charge in [0.05, 0.1) is 21.1 Å². The van der Waals surface area contributed by atoms with Crippen LogP contribution in [0.1, 0.15) is 156 Å². The summed E-state index contributed by atoms with van der Waals surface area (Å²) in [6, 6.07) is 0. The maximum atomic E-state index is 13.9. The van der Waals surface area contributed by atoms with E-state index in [4.69, 9.17) is 4.52 Å². The molecule has 2 unspecified atom stereocenters. The lowest BCUT2D eigenvalue weighted by Crippen LogP contribution is -2.72. The molecule has 0 amide bonds. The summed E-state index contributed by atoms with van der Waals surface area (Å²) < 4.78 is 16.8. The molecule has 0 saturated heterocycles. The van der Waals surface area contributed by atoms with Gasteiger partial charge in [-0.2, -0.15) is 0 Å². The molecule has 0 aliphatic heterocycles. The number of phosphoric acid groups is 1. The molecule has 0 aromatic rings. The van der Waals surface area contributed by atoms with E-state index in [9.17, 15) is 23.9 Å². The molecule has 0 bridgehead atoms. The molecule has 0 aliphatic carbocycles. The van der Waals surface area contributed by atoms with Crippen molar-refractivity contribution in [1.82, 2.24) is 0 Å². The number of phosphoric ester groups is 1. The number of hydrogen-bond donors (Lipinski definition) is 1. The smallest absolute Gasteiger partial charge is 0.265 e. The van der Waals surface area contributed by atoms with Crippen molar-refractivity contribution in [1.29, 1.82) is 0 Å². The third-order valence-electron chi connectivity index (χ3n) is 8.02. The van der Waals surface area contributed by atoms with E-state index in [1.165, 1.54) is 64.2 Å². The number of unbranched alkanes of at least 4 members (excludes halogenated alkanes) is 16. The van der Waals surface area contributed by atoms with Gasteiger partial charge in [-0.25, -0.2) is 0 Å². The monoisotopic (exact) mass is 575 g/mol. The van der Waals surface area contributed by atoms with Gasteiger partial charge in [0.1, 0.15) is 6.10 Å². The summed E-state index contributed by atoms with van der Waals surface area (Å²) >= 11 is 0. The Hall–Kier alpha value is -0.590. The number of likely N-dealkylation sites (N-methyl/N-ethyl adjacent to an activating group) is 1. The molecular weight excluding hydrogens is 513 g/mol. The Bertz CT molecular complexity index is 666. The van der Waals surface area contributed by atoms with Crippen LogP contribution >= 0.6 is 7.82 Å².